The fourth-order valence-electron chi connectivity index (χ4n) is 5.46. The molecule has 3 fully saturated rings. The van der Waals surface area contributed by atoms with Gasteiger partial charge in [0.1, 0.15) is 5.82 Å². The van der Waals surface area contributed by atoms with Crippen molar-refractivity contribution in [3.05, 3.63) is 77.4 Å². The van der Waals surface area contributed by atoms with E-state index in [0.717, 1.165) is 95.1 Å². The Morgan fingerprint density at radius 2 is 1.06 bits per heavy atom. The van der Waals surface area contributed by atoms with Crippen LogP contribution in [0.25, 0.3) is 0 Å². The monoisotopic (exact) mass is 807 g/mol. The van der Waals surface area contributed by atoms with Crippen molar-refractivity contribution in [1.29, 1.82) is 0 Å². The van der Waals surface area contributed by atoms with Crippen molar-refractivity contribution in [3.8, 4) is 0 Å². The fourth-order valence-corrected chi connectivity index (χ4v) is 5.46. The summed E-state index contributed by atoms with van der Waals surface area (Å²) in [6.45, 7) is 20.7. The van der Waals surface area contributed by atoms with Gasteiger partial charge in [0.15, 0.2) is 0 Å². The number of piperidine rings is 3. The Labute approximate surface area is 341 Å². The molecule has 11 heteroatoms. The summed E-state index contributed by atoms with van der Waals surface area (Å²) in [4.78, 5) is 17.2. The molecule has 0 aromatic carbocycles. The molecule has 0 atom stereocenters. The second-order valence-corrected chi connectivity index (χ2v) is 14.4. The first-order chi connectivity index (χ1) is 21.6. The van der Waals surface area contributed by atoms with E-state index in [-0.39, 0.29) is 82.0 Å². The number of nitrogens with zero attached hydrogens (tertiary/aromatic N) is 5. The number of rotatable bonds is 2. The zero-order valence-corrected chi connectivity index (χ0v) is 36.3. The average Bonchev–Trinajstić information content (AvgIpc) is 2.98. The van der Waals surface area contributed by atoms with Crippen molar-refractivity contribution in [2.45, 2.75) is 104 Å². The number of anilines is 2. The van der Waals surface area contributed by atoms with Gasteiger partial charge < -0.3 is 42.3 Å². The van der Waals surface area contributed by atoms with Crippen LogP contribution in [-0.4, -0.2) is 70.8 Å². The van der Waals surface area contributed by atoms with Gasteiger partial charge in [0, 0.05) is 120 Å². The Morgan fingerprint density at radius 3 is 1.46 bits per heavy atom. The summed E-state index contributed by atoms with van der Waals surface area (Å²) in [5, 5.41) is 3.26. The van der Waals surface area contributed by atoms with Gasteiger partial charge in [-0.25, -0.2) is 4.98 Å². The minimum absolute atomic E-state index is 0. The molecule has 3 saturated heterocycles. The Kier molecular flexibility index (Phi) is 20.2. The second-order valence-electron chi connectivity index (χ2n) is 14.4. The van der Waals surface area contributed by atoms with Crippen molar-refractivity contribution in [2.75, 3.05) is 49.1 Å². The molecule has 3 aliphatic rings. The number of aromatic nitrogens is 3. The minimum Gasteiger partial charge on any atom is -0.409 e. The van der Waals surface area contributed by atoms with Crippen LogP contribution in [0.5, 0.6) is 0 Å². The summed E-state index contributed by atoms with van der Waals surface area (Å²) in [7, 11) is 0. The molecule has 0 bridgehead atoms. The van der Waals surface area contributed by atoms with Crippen molar-refractivity contribution >= 4 is 11.6 Å². The maximum Gasteiger partial charge on any atom is 0.128 e. The molecule has 3 aromatic rings. The van der Waals surface area contributed by atoms with Gasteiger partial charge in [0.25, 0.3) is 0 Å². The number of aryl methyl sites for hydroxylation is 4. The Bertz CT molecular complexity index is 1230. The van der Waals surface area contributed by atoms with Crippen LogP contribution in [0.4, 0.5) is 11.6 Å². The summed E-state index contributed by atoms with van der Waals surface area (Å²) in [6.07, 6.45) is 14.0. The van der Waals surface area contributed by atoms with Gasteiger partial charge in [0.05, 0.1) is 0 Å². The number of nitrogens with two attached hydrogens (primary N) is 3. The summed E-state index contributed by atoms with van der Waals surface area (Å²) in [5.74, 6) is 2.12. The molecule has 0 amide bonds. The number of pyridine rings is 3. The molecule has 260 valence electrons. The molecule has 6 heterocycles. The molecule has 0 spiro atoms. The minimum atomic E-state index is 0. The average molecular weight is 808 g/mol. The van der Waals surface area contributed by atoms with Gasteiger partial charge in [0.2, 0.25) is 0 Å². The van der Waals surface area contributed by atoms with Crippen LogP contribution in [0.3, 0.4) is 0 Å². The number of nitrogens with one attached hydrogen (secondary N) is 1. The molecule has 7 N–H and O–H groups in total. The van der Waals surface area contributed by atoms with Crippen molar-refractivity contribution in [3.63, 3.8) is 0 Å². The van der Waals surface area contributed by atoms with Gasteiger partial charge >= 0.3 is 0 Å². The number of hydrogen-bond donors (Lipinski definition) is 4. The van der Waals surface area contributed by atoms with Crippen LogP contribution in [0.15, 0.2) is 42.6 Å². The van der Waals surface area contributed by atoms with E-state index in [9.17, 15) is 0 Å². The summed E-state index contributed by atoms with van der Waals surface area (Å²) in [6, 6.07) is 12.1. The zero-order valence-electron chi connectivity index (χ0n) is 30.6. The smallest absolute Gasteiger partial charge is 0.128 e. The van der Waals surface area contributed by atoms with Crippen molar-refractivity contribution in [1.82, 2.24) is 20.3 Å². The maximum absolute atomic E-state index is 6.10. The van der Waals surface area contributed by atoms with E-state index < -0.39 is 0 Å². The quantitative estimate of drug-likeness (QED) is 0.270. The van der Waals surface area contributed by atoms with E-state index in [4.69, 9.17) is 17.2 Å². The standard InChI is InChI=1S/C12H19N3.C12H18N3.C7H8N.C6H14N2.2Y/c2*1-10-3-6-14-11(9-10)15-7-4-12(2,13)5-8-15;1-6-3-4-8-7(2)5-6;1-6(7)2-4-8-5-3-6;;/h3,6,9H,4-5,7-8,13H2,1-2H3;3,9H,4-5,7-8,13H2,1-2H3;3,5H,1-2H3;8H,2-5,7H2,1H3;;/q;2*-1;;;. The first-order valence-corrected chi connectivity index (χ1v) is 16.8. The second kappa shape index (κ2) is 21.5. The normalized spacial score (nSPS) is 18.9. The maximum atomic E-state index is 6.10. The van der Waals surface area contributed by atoms with Gasteiger partial charge in [-0.2, -0.15) is 23.3 Å². The molecule has 2 radical (unpaired) electrons. The zero-order chi connectivity index (χ0) is 33.8. The van der Waals surface area contributed by atoms with E-state index in [1.54, 1.807) is 0 Å². The third kappa shape index (κ3) is 17.3. The molecule has 9 nitrogen and oxygen atoms in total. The van der Waals surface area contributed by atoms with Crippen LogP contribution in [-0.2, 0) is 65.4 Å². The first kappa shape index (κ1) is 45.1. The molecule has 48 heavy (non-hydrogen) atoms. The van der Waals surface area contributed by atoms with Crippen molar-refractivity contribution in [2.24, 2.45) is 17.2 Å². The van der Waals surface area contributed by atoms with E-state index in [2.05, 4.69) is 89.2 Å². The van der Waals surface area contributed by atoms with Crippen LogP contribution < -0.4 is 32.3 Å². The SMILES string of the molecule is CC1(N)CCNCC1.Cc1c[c-]nc(C)c1.Cc1c[c-]nc(N2CCC(C)(N)CC2)c1.Cc1ccnc(N2CCC(C)(N)CC2)c1.[Y].[Y]. The molecule has 6 rings (SSSR count). The molecular formula is C37H59N9Y2-2. The van der Waals surface area contributed by atoms with Crippen LogP contribution in [0.2, 0.25) is 0 Å². The topological polar surface area (TPSA) is 135 Å². The molecular weight excluding hydrogens is 748 g/mol. The van der Waals surface area contributed by atoms with Crippen LogP contribution >= 0.6 is 0 Å². The molecule has 3 aromatic heterocycles. The van der Waals surface area contributed by atoms with E-state index in [1.807, 2.05) is 44.3 Å². The summed E-state index contributed by atoms with van der Waals surface area (Å²) >= 11 is 0. The van der Waals surface area contributed by atoms with Crippen LogP contribution in [0, 0.1) is 40.1 Å². The molecule has 0 aliphatic carbocycles. The fraction of sp³-hybridized carbons (Fsp3) is 0.595. The summed E-state index contributed by atoms with van der Waals surface area (Å²) < 4.78 is 0. The summed E-state index contributed by atoms with van der Waals surface area (Å²) in [5.41, 5.74) is 22.9. The third-order valence-corrected chi connectivity index (χ3v) is 8.90. The van der Waals surface area contributed by atoms with Gasteiger partial charge in [-0.05, 0) is 97.0 Å². The Hall–Kier alpha value is -0.902. The number of hydrogen-bond acceptors (Lipinski definition) is 9. The Morgan fingerprint density at radius 1 is 0.625 bits per heavy atom. The predicted molar refractivity (Wildman–Crippen MR) is 192 cm³/mol. The first-order valence-electron chi connectivity index (χ1n) is 16.8. The Balaban J connectivity index is 0.000000329. The van der Waals surface area contributed by atoms with Gasteiger partial charge in [-0.3, -0.25) is 0 Å². The largest absolute Gasteiger partial charge is 0.409 e. The molecule has 3 aliphatic heterocycles. The molecule has 0 unspecified atom stereocenters. The van der Waals surface area contributed by atoms with Crippen molar-refractivity contribution < 1.29 is 65.4 Å². The van der Waals surface area contributed by atoms with Crippen LogP contribution in [0.1, 0.15) is 81.7 Å². The van der Waals surface area contributed by atoms with E-state index >= 15 is 0 Å². The van der Waals surface area contributed by atoms with Gasteiger partial charge in [-0.1, -0.05) is 38.9 Å². The predicted octanol–water partition coefficient (Wildman–Crippen LogP) is 4.80. The van der Waals surface area contributed by atoms with E-state index in [0.29, 0.717) is 0 Å². The third-order valence-electron chi connectivity index (χ3n) is 8.90. The van der Waals surface area contributed by atoms with Gasteiger partial charge in [-0.15, -0.1) is 12.1 Å². The van der Waals surface area contributed by atoms with E-state index in [1.165, 1.54) is 16.7 Å². The molecule has 0 saturated carbocycles.